The van der Waals surface area contributed by atoms with Crippen molar-refractivity contribution in [2.24, 2.45) is 0 Å². The maximum atomic E-state index is 5.13. The summed E-state index contributed by atoms with van der Waals surface area (Å²) in [5, 5.41) is 6.08. The molecule has 0 radical (unpaired) electrons. The molecule has 3 nitrogen and oxygen atoms in total. The Bertz CT molecular complexity index is 334. The van der Waals surface area contributed by atoms with Gasteiger partial charge >= 0.3 is 0 Å². The van der Waals surface area contributed by atoms with E-state index in [0.717, 1.165) is 22.8 Å². The van der Waals surface area contributed by atoms with Crippen LogP contribution in [0.15, 0.2) is 30.6 Å². The number of hydrogen-bond acceptors (Lipinski definition) is 3. The minimum Gasteiger partial charge on any atom is -0.497 e. The lowest BCUT2D eigenvalue weighted by molar-refractivity contribution is 0.415. The largest absolute Gasteiger partial charge is 0.497 e. The summed E-state index contributed by atoms with van der Waals surface area (Å²) in [6, 6.07) is 5.88. The van der Waals surface area contributed by atoms with Crippen LogP contribution >= 0.6 is 0 Å². The van der Waals surface area contributed by atoms with Crippen LogP contribution in [0.3, 0.4) is 0 Å². The lowest BCUT2D eigenvalue weighted by Gasteiger charge is -2.12. The number of methoxy groups -OCH3 is 1. The first kappa shape index (κ1) is 10.4. The van der Waals surface area contributed by atoms with Crippen molar-refractivity contribution in [2.75, 3.05) is 19.5 Å². The Hall–Kier alpha value is -1.64. The molecule has 0 amide bonds. The molecular formula is C11H16N2O. The van der Waals surface area contributed by atoms with E-state index in [-0.39, 0.29) is 0 Å². The highest BCUT2D eigenvalue weighted by Gasteiger charge is 2.00. The first-order valence-electron chi connectivity index (χ1n) is 4.45. The fourth-order valence-electron chi connectivity index (χ4n) is 1.09. The summed E-state index contributed by atoms with van der Waals surface area (Å²) in [6.45, 7) is 5.83. The summed E-state index contributed by atoms with van der Waals surface area (Å²) in [5.41, 5.74) is 2.16. The van der Waals surface area contributed by atoms with E-state index in [0.29, 0.717) is 0 Å². The predicted molar refractivity (Wildman–Crippen MR) is 59.6 cm³/mol. The fraction of sp³-hybridized carbons (Fsp3) is 0.273. The Morgan fingerprint density at radius 3 is 2.71 bits per heavy atom. The number of aryl methyl sites for hydroxylation is 1. The average Bonchev–Trinajstić information content (AvgIpc) is 2.21. The number of hydrogen-bond donors (Lipinski definition) is 2. The van der Waals surface area contributed by atoms with Gasteiger partial charge in [-0.05, 0) is 18.6 Å². The van der Waals surface area contributed by atoms with Gasteiger partial charge in [0.15, 0.2) is 0 Å². The predicted octanol–water partition coefficient (Wildman–Crippen LogP) is 2.11. The molecule has 0 aliphatic rings. The molecule has 0 atom stereocenters. The van der Waals surface area contributed by atoms with Crippen molar-refractivity contribution in [3.63, 3.8) is 0 Å². The summed E-state index contributed by atoms with van der Waals surface area (Å²) >= 11 is 0. The molecule has 0 fully saturated rings. The summed E-state index contributed by atoms with van der Waals surface area (Å²) in [4.78, 5) is 0. The van der Waals surface area contributed by atoms with Gasteiger partial charge in [0, 0.05) is 18.8 Å². The molecule has 14 heavy (non-hydrogen) atoms. The second-order valence-corrected chi connectivity index (χ2v) is 3.03. The van der Waals surface area contributed by atoms with Crippen LogP contribution < -0.4 is 15.4 Å². The summed E-state index contributed by atoms with van der Waals surface area (Å²) in [6.07, 6.45) is 0. The highest BCUT2D eigenvalue weighted by molar-refractivity contribution is 5.57. The van der Waals surface area contributed by atoms with Crippen molar-refractivity contribution < 1.29 is 4.74 Å². The molecule has 0 aliphatic heterocycles. The highest BCUT2D eigenvalue weighted by atomic mass is 16.5. The van der Waals surface area contributed by atoms with Crippen LogP contribution in [0.5, 0.6) is 5.75 Å². The molecule has 0 aliphatic carbocycles. The van der Waals surface area contributed by atoms with Gasteiger partial charge in [0.25, 0.3) is 0 Å². The van der Waals surface area contributed by atoms with Crippen molar-refractivity contribution in [3.8, 4) is 5.75 Å². The normalized spacial score (nSPS) is 9.36. The number of benzene rings is 1. The zero-order valence-electron chi connectivity index (χ0n) is 8.85. The lowest BCUT2D eigenvalue weighted by Crippen LogP contribution is -2.13. The molecule has 0 aromatic heterocycles. The zero-order chi connectivity index (χ0) is 10.6. The van der Waals surface area contributed by atoms with E-state index in [2.05, 4.69) is 17.2 Å². The lowest BCUT2D eigenvalue weighted by atomic mass is 10.2. The van der Waals surface area contributed by atoms with Crippen LogP contribution in [0.2, 0.25) is 0 Å². The Morgan fingerprint density at radius 1 is 1.43 bits per heavy atom. The number of ether oxygens (including phenoxy) is 1. The Balaban J connectivity index is 2.89. The van der Waals surface area contributed by atoms with Crippen LogP contribution in [0, 0.1) is 6.92 Å². The van der Waals surface area contributed by atoms with Crippen molar-refractivity contribution in [3.05, 3.63) is 36.2 Å². The molecular weight excluding hydrogens is 176 g/mol. The zero-order valence-corrected chi connectivity index (χ0v) is 8.85. The third kappa shape index (κ3) is 2.42. The van der Waals surface area contributed by atoms with Gasteiger partial charge in [-0.15, -0.1) is 0 Å². The topological polar surface area (TPSA) is 33.3 Å². The van der Waals surface area contributed by atoms with Gasteiger partial charge in [0.2, 0.25) is 0 Å². The molecule has 3 heteroatoms. The second kappa shape index (κ2) is 4.56. The maximum Gasteiger partial charge on any atom is 0.120 e. The molecule has 76 valence electrons. The number of nitrogens with one attached hydrogen (secondary N) is 2. The van der Waals surface area contributed by atoms with Crippen molar-refractivity contribution in [1.29, 1.82) is 0 Å². The minimum atomic E-state index is 0.765. The van der Waals surface area contributed by atoms with Crippen LogP contribution in [0.4, 0.5) is 5.69 Å². The molecule has 1 rings (SSSR count). The molecule has 1 aromatic carbocycles. The smallest absolute Gasteiger partial charge is 0.120 e. The minimum absolute atomic E-state index is 0.765. The second-order valence-electron chi connectivity index (χ2n) is 3.03. The molecule has 0 bridgehead atoms. The molecule has 1 aromatic rings. The van der Waals surface area contributed by atoms with Crippen LogP contribution in [0.1, 0.15) is 5.56 Å². The Labute approximate surface area is 84.8 Å². The van der Waals surface area contributed by atoms with E-state index in [9.17, 15) is 0 Å². The van der Waals surface area contributed by atoms with Crippen molar-refractivity contribution >= 4 is 5.69 Å². The number of anilines is 1. The van der Waals surface area contributed by atoms with Gasteiger partial charge in [0.1, 0.15) is 5.75 Å². The molecule has 0 spiro atoms. The quantitative estimate of drug-likeness (QED) is 0.766. The molecule has 2 N–H and O–H groups in total. The summed E-state index contributed by atoms with van der Waals surface area (Å²) < 4.78 is 5.13. The van der Waals surface area contributed by atoms with Crippen molar-refractivity contribution in [1.82, 2.24) is 5.32 Å². The van der Waals surface area contributed by atoms with Crippen LogP contribution in [0.25, 0.3) is 0 Å². The van der Waals surface area contributed by atoms with E-state index in [1.807, 2.05) is 32.2 Å². The van der Waals surface area contributed by atoms with Crippen molar-refractivity contribution in [2.45, 2.75) is 6.92 Å². The highest BCUT2D eigenvalue weighted by Crippen LogP contribution is 2.22. The molecule has 0 saturated heterocycles. The van der Waals surface area contributed by atoms with E-state index in [1.165, 1.54) is 0 Å². The summed E-state index contributed by atoms with van der Waals surface area (Å²) in [7, 11) is 3.48. The third-order valence-corrected chi connectivity index (χ3v) is 2.03. The Morgan fingerprint density at radius 2 is 2.14 bits per heavy atom. The number of rotatable bonds is 4. The fourth-order valence-corrected chi connectivity index (χ4v) is 1.09. The van der Waals surface area contributed by atoms with Crippen LogP contribution in [-0.4, -0.2) is 14.2 Å². The Kier molecular flexibility index (Phi) is 3.40. The van der Waals surface area contributed by atoms with Gasteiger partial charge in [0.05, 0.1) is 12.9 Å². The van der Waals surface area contributed by atoms with Gasteiger partial charge < -0.3 is 15.4 Å². The first-order valence-corrected chi connectivity index (χ1v) is 4.45. The maximum absolute atomic E-state index is 5.13. The van der Waals surface area contributed by atoms with Gasteiger partial charge in [-0.1, -0.05) is 12.6 Å². The summed E-state index contributed by atoms with van der Waals surface area (Å²) in [5.74, 6) is 1.60. The first-order chi connectivity index (χ1) is 6.67. The van der Waals surface area contributed by atoms with Gasteiger partial charge in [-0.25, -0.2) is 0 Å². The van der Waals surface area contributed by atoms with E-state index < -0.39 is 0 Å². The van der Waals surface area contributed by atoms with E-state index in [4.69, 9.17) is 4.74 Å². The SMILES string of the molecule is C=C(NC)Nc1cc(OC)ccc1C. The average molecular weight is 192 g/mol. The molecule has 0 heterocycles. The monoisotopic (exact) mass is 192 g/mol. The third-order valence-electron chi connectivity index (χ3n) is 2.03. The van der Waals surface area contributed by atoms with Gasteiger partial charge in [-0.2, -0.15) is 0 Å². The van der Waals surface area contributed by atoms with E-state index in [1.54, 1.807) is 7.11 Å². The van der Waals surface area contributed by atoms with E-state index >= 15 is 0 Å². The van der Waals surface area contributed by atoms with Crippen LogP contribution in [-0.2, 0) is 0 Å². The molecule has 0 saturated carbocycles. The molecule has 0 unspecified atom stereocenters. The standard InChI is InChI=1S/C11H16N2O/c1-8-5-6-10(14-4)7-11(8)13-9(2)12-3/h5-7,12-13H,2H2,1,3-4H3. The van der Waals surface area contributed by atoms with Gasteiger partial charge in [-0.3, -0.25) is 0 Å².